The minimum atomic E-state index is 0.954. The van der Waals surface area contributed by atoms with E-state index in [1.54, 1.807) is 0 Å². The third kappa shape index (κ3) is 1.49. The van der Waals surface area contributed by atoms with Gasteiger partial charge < -0.3 is 4.98 Å². The first-order chi connectivity index (χ1) is 7.78. The number of aromatic amines is 1. The number of imidazole rings is 1. The average molecular weight is 246 g/mol. The van der Waals surface area contributed by atoms with E-state index in [9.17, 15) is 0 Å². The maximum absolute atomic E-state index is 4.52. The highest BCUT2D eigenvalue weighted by Crippen LogP contribution is 2.29. The molecular weight excluding hydrogens is 236 g/mol. The van der Waals surface area contributed by atoms with Crippen LogP contribution >= 0.6 is 22.5 Å². The van der Waals surface area contributed by atoms with Crippen molar-refractivity contribution < 1.29 is 0 Å². The van der Waals surface area contributed by atoms with Crippen LogP contribution in [-0.4, -0.2) is 9.97 Å². The van der Waals surface area contributed by atoms with E-state index < -0.39 is 0 Å². The van der Waals surface area contributed by atoms with Gasteiger partial charge in [0, 0.05) is 10.3 Å². The lowest BCUT2D eigenvalue weighted by Gasteiger charge is -2.00. The number of aryl methyl sites for hydroxylation is 1. The highest BCUT2D eigenvalue weighted by atomic mass is 33.1. The molecule has 0 aliphatic rings. The molecule has 80 valence electrons. The molecule has 0 unspecified atom stereocenters. The van der Waals surface area contributed by atoms with Gasteiger partial charge in [-0.25, -0.2) is 4.98 Å². The zero-order valence-corrected chi connectivity index (χ0v) is 10.4. The molecule has 1 heterocycles. The topological polar surface area (TPSA) is 28.7 Å². The summed E-state index contributed by atoms with van der Waals surface area (Å²) in [6, 6.07) is 10.5. The molecule has 1 N–H and O–H groups in total. The van der Waals surface area contributed by atoms with E-state index in [1.807, 2.05) is 6.92 Å². The molecule has 0 aliphatic heterocycles. The Morgan fingerprint density at radius 1 is 1.25 bits per heavy atom. The number of aromatic nitrogens is 2. The van der Waals surface area contributed by atoms with Crippen LogP contribution in [0.4, 0.5) is 0 Å². The van der Waals surface area contributed by atoms with Crippen molar-refractivity contribution in [1.82, 2.24) is 9.97 Å². The van der Waals surface area contributed by atoms with Gasteiger partial charge in [0.1, 0.15) is 5.82 Å². The number of hydrogen-bond acceptors (Lipinski definition) is 3. The molecule has 0 bridgehead atoms. The summed E-state index contributed by atoms with van der Waals surface area (Å²) in [7, 11) is 1.46. The monoisotopic (exact) mass is 246 g/mol. The second-order valence-electron chi connectivity index (χ2n) is 3.76. The van der Waals surface area contributed by atoms with Gasteiger partial charge in [0.2, 0.25) is 0 Å². The molecule has 3 rings (SSSR count). The molecule has 0 spiro atoms. The first kappa shape index (κ1) is 10.1. The van der Waals surface area contributed by atoms with Crippen LogP contribution in [0.1, 0.15) is 5.82 Å². The summed E-state index contributed by atoms with van der Waals surface area (Å²) in [5.41, 5.74) is 2.14. The summed E-state index contributed by atoms with van der Waals surface area (Å²) < 4.78 is 0. The smallest absolute Gasteiger partial charge is 0.104 e. The summed E-state index contributed by atoms with van der Waals surface area (Å²) >= 11 is 4.21. The van der Waals surface area contributed by atoms with Gasteiger partial charge >= 0.3 is 0 Å². The van der Waals surface area contributed by atoms with Crippen LogP contribution in [0.15, 0.2) is 35.2 Å². The minimum absolute atomic E-state index is 0.954. The number of hydrogen-bond donors (Lipinski definition) is 2. The van der Waals surface area contributed by atoms with Crippen LogP contribution in [0.25, 0.3) is 21.8 Å². The van der Waals surface area contributed by atoms with Crippen molar-refractivity contribution in [3.8, 4) is 0 Å². The van der Waals surface area contributed by atoms with Crippen molar-refractivity contribution in [2.75, 3.05) is 0 Å². The molecule has 1 aromatic heterocycles. The summed E-state index contributed by atoms with van der Waals surface area (Å²) in [6.07, 6.45) is 0. The van der Waals surface area contributed by atoms with Gasteiger partial charge in [-0.2, -0.15) is 0 Å². The largest absolute Gasteiger partial charge is 0.342 e. The summed E-state index contributed by atoms with van der Waals surface area (Å²) in [5, 5.41) is 2.39. The molecule has 4 heteroatoms. The summed E-state index contributed by atoms with van der Waals surface area (Å²) in [6.45, 7) is 1.98. The Hall–Kier alpha value is -1.13. The van der Waals surface area contributed by atoms with Crippen molar-refractivity contribution in [2.45, 2.75) is 11.8 Å². The molecule has 16 heavy (non-hydrogen) atoms. The fourth-order valence-electron chi connectivity index (χ4n) is 1.96. The highest BCUT2D eigenvalue weighted by Gasteiger charge is 2.04. The second-order valence-corrected chi connectivity index (χ2v) is 4.96. The number of nitrogens with zero attached hydrogens (tertiary/aromatic N) is 1. The molecule has 3 aromatic rings. The number of nitrogens with one attached hydrogen (secondary N) is 1. The fourth-order valence-corrected chi connectivity index (χ4v) is 2.61. The van der Waals surface area contributed by atoms with Crippen molar-refractivity contribution in [2.24, 2.45) is 0 Å². The van der Waals surface area contributed by atoms with E-state index >= 15 is 0 Å². The van der Waals surface area contributed by atoms with E-state index in [-0.39, 0.29) is 0 Å². The van der Waals surface area contributed by atoms with E-state index in [4.69, 9.17) is 0 Å². The molecule has 0 fully saturated rings. The quantitative estimate of drug-likeness (QED) is 0.502. The predicted molar refractivity (Wildman–Crippen MR) is 73.2 cm³/mol. The number of thiol groups is 1. The van der Waals surface area contributed by atoms with E-state index in [2.05, 4.69) is 52.0 Å². The highest BCUT2D eigenvalue weighted by molar-refractivity contribution is 8.68. The van der Waals surface area contributed by atoms with Gasteiger partial charge in [-0.1, -0.05) is 22.9 Å². The average Bonchev–Trinajstić information content (AvgIpc) is 2.69. The molecule has 2 nitrogen and oxygen atoms in total. The third-order valence-corrected chi connectivity index (χ3v) is 3.76. The van der Waals surface area contributed by atoms with Crippen LogP contribution in [0.3, 0.4) is 0 Å². The van der Waals surface area contributed by atoms with E-state index in [0.717, 1.165) is 21.8 Å². The molecule has 0 aliphatic carbocycles. The van der Waals surface area contributed by atoms with E-state index in [0.29, 0.717) is 0 Å². The van der Waals surface area contributed by atoms with Crippen molar-refractivity contribution in [3.63, 3.8) is 0 Å². The van der Waals surface area contributed by atoms with Gasteiger partial charge in [-0.3, -0.25) is 0 Å². The van der Waals surface area contributed by atoms with Crippen LogP contribution in [0.2, 0.25) is 0 Å². The van der Waals surface area contributed by atoms with E-state index in [1.165, 1.54) is 21.6 Å². The summed E-state index contributed by atoms with van der Waals surface area (Å²) in [5.74, 6) is 0.954. The Kier molecular flexibility index (Phi) is 2.33. The molecule has 2 aromatic carbocycles. The van der Waals surface area contributed by atoms with Gasteiger partial charge in [-0.15, -0.1) is 11.7 Å². The number of fused-ring (bicyclic) bond motifs is 3. The fraction of sp³-hybridized carbons (Fsp3) is 0.0833. The zero-order chi connectivity index (χ0) is 11.1. The number of rotatable bonds is 1. The predicted octanol–water partition coefficient (Wildman–Crippen LogP) is 3.96. The normalized spacial score (nSPS) is 11.4. The van der Waals surface area contributed by atoms with Crippen LogP contribution in [-0.2, 0) is 0 Å². The molecule has 0 atom stereocenters. The lowest BCUT2D eigenvalue weighted by atomic mass is 10.1. The number of benzene rings is 2. The lowest BCUT2D eigenvalue weighted by Crippen LogP contribution is -1.77. The van der Waals surface area contributed by atoms with Crippen LogP contribution < -0.4 is 0 Å². The zero-order valence-electron chi connectivity index (χ0n) is 8.69. The molecular formula is C12H10N2S2. The van der Waals surface area contributed by atoms with Crippen molar-refractivity contribution >= 4 is 44.3 Å². The summed E-state index contributed by atoms with van der Waals surface area (Å²) in [4.78, 5) is 8.92. The first-order valence-corrected chi connectivity index (χ1v) is 6.85. The van der Waals surface area contributed by atoms with Gasteiger partial charge in [0.25, 0.3) is 0 Å². The van der Waals surface area contributed by atoms with Crippen LogP contribution in [0.5, 0.6) is 0 Å². The SMILES string of the molecule is Cc1nc2c(ccc3cc(SS)ccc32)[nH]1. The standard InChI is InChI=1S/C12H10N2S2/c1-7-13-11-5-2-8-6-9(16-15)3-4-10(8)12(11)14-7/h2-6,15H,1H3,(H,13,14). The Balaban J connectivity index is 2.42. The molecule has 0 radical (unpaired) electrons. The minimum Gasteiger partial charge on any atom is -0.342 e. The van der Waals surface area contributed by atoms with Crippen LogP contribution in [0, 0.1) is 6.92 Å². The van der Waals surface area contributed by atoms with Gasteiger partial charge in [-0.05, 0) is 30.5 Å². The maximum atomic E-state index is 4.52. The Morgan fingerprint density at radius 3 is 2.94 bits per heavy atom. The Bertz CT molecular complexity index is 673. The Labute approximate surface area is 102 Å². The Morgan fingerprint density at radius 2 is 2.12 bits per heavy atom. The lowest BCUT2D eigenvalue weighted by molar-refractivity contribution is 1.17. The third-order valence-electron chi connectivity index (χ3n) is 2.66. The van der Waals surface area contributed by atoms with Crippen molar-refractivity contribution in [3.05, 3.63) is 36.2 Å². The van der Waals surface area contributed by atoms with Gasteiger partial charge in [0.05, 0.1) is 11.0 Å². The van der Waals surface area contributed by atoms with Crippen molar-refractivity contribution in [1.29, 1.82) is 0 Å². The maximum Gasteiger partial charge on any atom is 0.104 e. The molecule has 0 amide bonds. The molecule has 0 saturated heterocycles. The number of H-pyrrole nitrogens is 1. The second kappa shape index (κ2) is 3.71. The molecule has 0 saturated carbocycles. The first-order valence-electron chi connectivity index (χ1n) is 4.98. The van der Waals surface area contributed by atoms with Gasteiger partial charge in [0.15, 0.2) is 0 Å².